The number of nitrogens with one attached hydrogen (secondary N) is 1. The Morgan fingerprint density at radius 2 is 1.59 bits per heavy atom. The molecule has 1 N–H and O–H groups in total. The number of nitrogens with zero attached hydrogens (tertiary/aromatic N) is 4. The van der Waals surface area contributed by atoms with Crippen molar-refractivity contribution in [2.75, 3.05) is 11.9 Å². The third-order valence-electron chi connectivity index (χ3n) is 3.10. The van der Waals surface area contributed by atoms with Crippen LogP contribution in [0.2, 0.25) is 5.15 Å². The van der Waals surface area contributed by atoms with Crippen LogP contribution in [0.3, 0.4) is 0 Å². The van der Waals surface area contributed by atoms with Crippen LogP contribution in [0.15, 0.2) is 55.1 Å². The lowest BCUT2D eigenvalue weighted by molar-refractivity contribution is 0.995. The highest BCUT2D eigenvalue weighted by molar-refractivity contribution is 6.29. The predicted octanol–water partition coefficient (Wildman–Crippen LogP) is 3.24. The van der Waals surface area contributed by atoms with E-state index in [1.54, 1.807) is 30.9 Å². The van der Waals surface area contributed by atoms with Crippen molar-refractivity contribution in [3.05, 3.63) is 65.8 Å². The molecule has 0 amide bonds. The largest absolute Gasteiger partial charge is 0.370 e. The van der Waals surface area contributed by atoms with E-state index in [4.69, 9.17) is 11.6 Å². The lowest BCUT2D eigenvalue weighted by Crippen LogP contribution is -2.07. The predicted molar refractivity (Wildman–Crippen MR) is 86.7 cm³/mol. The highest BCUT2D eigenvalue weighted by atomic mass is 35.5. The summed E-state index contributed by atoms with van der Waals surface area (Å²) in [5.74, 6) is 1.29. The van der Waals surface area contributed by atoms with Gasteiger partial charge < -0.3 is 5.32 Å². The van der Waals surface area contributed by atoms with Gasteiger partial charge in [-0.05, 0) is 36.2 Å². The van der Waals surface area contributed by atoms with Crippen LogP contribution in [0.4, 0.5) is 5.82 Å². The van der Waals surface area contributed by atoms with Gasteiger partial charge in [0.2, 0.25) is 0 Å². The summed E-state index contributed by atoms with van der Waals surface area (Å²) < 4.78 is 0. The molecule has 0 radical (unpaired) electrons. The summed E-state index contributed by atoms with van der Waals surface area (Å²) in [5.41, 5.74) is 2.10. The first-order valence-corrected chi connectivity index (χ1v) is 7.27. The topological polar surface area (TPSA) is 63.6 Å². The summed E-state index contributed by atoms with van der Waals surface area (Å²) in [4.78, 5) is 16.7. The molecule has 0 aromatic carbocycles. The standard InChI is InChI=1S/C16H14ClN5/c17-14-11-15(20-10-3-12-1-6-18-7-2-12)22-16(21-14)13-4-8-19-9-5-13/h1-2,4-9,11H,3,10H2,(H,20,21,22). The summed E-state index contributed by atoms with van der Waals surface area (Å²) >= 11 is 6.08. The van der Waals surface area contributed by atoms with Gasteiger partial charge in [-0.2, -0.15) is 0 Å². The average molecular weight is 312 g/mol. The highest BCUT2D eigenvalue weighted by Crippen LogP contribution is 2.19. The van der Waals surface area contributed by atoms with Gasteiger partial charge in [0.25, 0.3) is 0 Å². The molecule has 3 aromatic heterocycles. The van der Waals surface area contributed by atoms with Crippen LogP contribution >= 0.6 is 11.6 Å². The van der Waals surface area contributed by atoms with Crippen LogP contribution < -0.4 is 5.32 Å². The van der Waals surface area contributed by atoms with Gasteiger partial charge >= 0.3 is 0 Å². The van der Waals surface area contributed by atoms with E-state index in [1.807, 2.05) is 24.3 Å². The molecule has 22 heavy (non-hydrogen) atoms. The third-order valence-corrected chi connectivity index (χ3v) is 3.30. The molecule has 6 heteroatoms. The van der Waals surface area contributed by atoms with E-state index in [-0.39, 0.29) is 0 Å². The van der Waals surface area contributed by atoms with Crippen LogP contribution in [0.1, 0.15) is 5.56 Å². The first-order chi connectivity index (χ1) is 10.8. The maximum Gasteiger partial charge on any atom is 0.163 e. The van der Waals surface area contributed by atoms with E-state index in [0.717, 1.165) is 18.5 Å². The quantitative estimate of drug-likeness (QED) is 0.733. The maximum absolute atomic E-state index is 6.08. The van der Waals surface area contributed by atoms with E-state index in [9.17, 15) is 0 Å². The molecule has 0 bridgehead atoms. The number of anilines is 1. The fourth-order valence-electron chi connectivity index (χ4n) is 2.02. The number of pyridine rings is 2. The Balaban J connectivity index is 1.70. The van der Waals surface area contributed by atoms with E-state index < -0.39 is 0 Å². The molecule has 3 rings (SSSR count). The summed E-state index contributed by atoms with van der Waals surface area (Å²) in [6.07, 6.45) is 7.87. The second-order valence-electron chi connectivity index (χ2n) is 4.67. The van der Waals surface area contributed by atoms with Crippen LogP contribution in [-0.4, -0.2) is 26.5 Å². The zero-order chi connectivity index (χ0) is 15.2. The molecule has 0 fully saturated rings. The van der Waals surface area contributed by atoms with Crippen molar-refractivity contribution in [2.24, 2.45) is 0 Å². The van der Waals surface area contributed by atoms with Crippen molar-refractivity contribution in [3.8, 4) is 11.4 Å². The number of halogens is 1. The van der Waals surface area contributed by atoms with Gasteiger partial charge in [0, 0.05) is 43.0 Å². The molecule has 3 aromatic rings. The summed E-state index contributed by atoms with van der Waals surface area (Å²) in [5, 5.41) is 3.68. The summed E-state index contributed by atoms with van der Waals surface area (Å²) in [7, 11) is 0. The van der Waals surface area contributed by atoms with Crippen LogP contribution in [-0.2, 0) is 6.42 Å². The van der Waals surface area contributed by atoms with Crippen molar-refractivity contribution in [1.29, 1.82) is 0 Å². The molecule has 0 atom stereocenters. The molecule has 110 valence electrons. The first-order valence-electron chi connectivity index (χ1n) is 6.89. The fourth-order valence-corrected chi connectivity index (χ4v) is 2.21. The van der Waals surface area contributed by atoms with Gasteiger partial charge in [-0.25, -0.2) is 9.97 Å². The van der Waals surface area contributed by atoms with Crippen molar-refractivity contribution < 1.29 is 0 Å². The first kappa shape index (κ1) is 14.4. The molecule has 0 aliphatic carbocycles. The molecule has 5 nitrogen and oxygen atoms in total. The highest BCUT2D eigenvalue weighted by Gasteiger charge is 2.05. The fraction of sp³-hybridized carbons (Fsp3) is 0.125. The number of aromatic nitrogens is 4. The molecule has 0 aliphatic rings. The summed E-state index contributed by atoms with van der Waals surface area (Å²) in [6.45, 7) is 0.757. The molecule has 3 heterocycles. The zero-order valence-electron chi connectivity index (χ0n) is 11.8. The number of hydrogen-bond acceptors (Lipinski definition) is 5. The Bertz CT molecular complexity index is 734. The van der Waals surface area contributed by atoms with E-state index in [0.29, 0.717) is 16.8 Å². The molecular formula is C16H14ClN5. The van der Waals surface area contributed by atoms with E-state index >= 15 is 0 Å². The lowest BCUT2D eigenvalue weighted by Gasteiger charge is -2.08. The van der Waals surface area contributed by atoms with Crippen molar-refractivity contribution in [2.45, 2.75) is 6.42 Å². The van der Waals surface area contributed by atoms with Crippen molar-refractivity contribution in [3.63, 3.8) is 0 Å². The minimum absolute atomic E-state index is 0.410. The van der Waals surface area contributed by atoms with Gasteiger partial charge in [-0.15, -0.1) is 0 Å². The smallest absolute Gasteiger partial charge is 0.163 e. The van der Waals surface area contributed by atoms with Crippen LogP contribution in [0.25, 0.3) is 11.4 Å². The third kappa shape index (κ3) is 3.77. The Morgan fingerprint density at radius 1 is 0.909 bits per heavy atom. The maximum atomic E-state index is 6.08. The average Bonchev–Trinajstić information content (AvgIpc) is 2.56. The van der Waals surface area contributed by atoms with Crippen molar-refractivity contribution in [1.82, 2.24) is 19.9 Å². The minimum Gasteiger partial charge on any atom is -0.370 e. The Kier molecular flexibility index (Phi) is 4.56. The zero-order valence-corrected chi connectivity index (χ0v) is 12.5. The Hall–Kier alpha value is -2.53. The monoisotopic (exact) mass is 311 g/mol. The molecule has 0 saturated heterocycles. The molecule has 0 aliphatic heterocycles. The van der Waals surface area contributed by atoms with Gasteiger partial charge in [-0.1, -0.05) is 11.6 Å². The van der Waals surface area contributed by atoms with Crippen LogP contribution in [0.5, 0.6) is 0 Å². The molecule has 0 unspecified atom stereocenters. The molecule has 0 saturated carbocycles. The second-order valence-corrected chi connectivity index (χ2v) is 5.05. The Morgan fingerprint density at radius 3 is 2.32 bits per heavy atom. The Labute approximate surface area is 133 Å². The lowest BCUT2D eigenvalue weighted by atomic mass is 10.2. The molecule has 0 spiro atoms. The second kappa shape index (κ2) is 6.95. The molecular weight excluding hydrogens is 298 g/mol. The minimum atomic E-state index is 0.410. The van der Waals surface area contributed by atoms with Crippen molar-refractivity contribution >= 4 is 17.4 Å². The number of hydrogen-bond donors (Lipinski definition) is 1. The summed E-state index contributed by atoms with van der Waals surface area (Å²) in [6, 6.07) is 9.42. The van der Waals surface area contributed by atoms with E-state index in [2.05, 4.69) is 25.3 Å². The van der Waals surface area contributed by atoms with Crippen LogP contribution in [0, 0.1) is 0 Å². The van der Waals surface area contributed by atoms with Gasteiger partial charge in [-0.3, -0.25) is 9.97 Å². The van der Waals surface area contributed by atoms with E-state index in [1.165, 1.54) is 5.56 Å². The van der Waals surface area contributed by atoms with Gasteiger partial charge in [0.1, 0.15) is 11.0 Å². The van der Waals surface area contributed by atoms with Gasteiger partial charge in [0.15, 0.2) is 5.82 Å². The normalized spacial score (nSPS) is 10.4. The van der Waals surface area contributed by atoms with Gasteiger partial charge in [0.05, 0.1) is 0 Å². The SMILES string of the molecule is Clc1cc(NCCc2ccncc2)nc(-c2ccncc2)n1. The number of rotatable bonds is 5.